The molecule has 3 heterocycles. The molecule has 3 aliphatic rings. The van der Waals surface area contributed by atoms with E-state index >= 15 is 0 Å². The number of rotatable bonds is 2. The fourth-order valence-corrected chi connectivity index (χ4v) is 4.64. The summed E-state index contributed by atoms with van der Waals surface area (Å²) in [5.41, 5.74) is 4.48. The Morgan fingerprint density at radius 3 is 2.89 bits per heavy atom. The zero-order valence-corrected chi connectivity index (χ0v) is 14.8. The molecule has 2 saturated carbocycles. The maximum Gasteiger partial charge on any atom is 0.318 e. The third-order valence-corrected chi connectivity index (χ3v) is 6.31. The standard InChI is InChI=1S/C20H20FN5O/c21-12-2-5-14-11(8-12)9-15(23-14)18-17-16(24-25-18)10-26(20(17)6-1-7-20)19(27)22-13-3-4-13/h2,5,8-9,13,23H,1,3-4,6-7,10H2,(H,22,27)(H,24,25). The lowest BCUT2D eigenvalue weighted by Crippen LogP contribution is -2.53. The highest BCUT2D eigenvalue weighted by Crippen LogP contribution is 2.54. The minimum absolute atomic E-state index is 0.0338. The van der Waals surface area contributed by atoms with Gasteiger partial charge in [0.05, 0.1) is 23.5 Å². The molecule has 1 aromatic carbocycles. The zero-order chi connectivity index (χ0) is 18.2. The molecule has 0 unspecified atom stereocenters. The number of aromatic amines is 2. The predicted octanol–water partition coefficient (Wildman–Crippen LogP) is 3.76. The lowest BCUT2D eigenvalue weighted by molar-refractivity contribution is 0.0556. The Kier molecular flexibility index (Phi) is 2.89. The zero-order valence-electron chi connectivity index (χ0n) is 14.8. The van der Waals surface area contributed by atoms with Gasteiger partial charge >= 0.3 is 6.03 Å². The molecular weight excluding hydrogens is 345 g/mol. The van der Waals surface area contributed by atoms with E-state index < -0.39 is 0 Å². The van der Waals surface area contributed by atoms with E-state index in [1.54, 1.807) is 6.07 Å². The Hall–Kier alpha value is -2.83. The smallest absolute Gasteiger partial charge is 0.318 e. The van der Waals surface area contributed by atoms with Crippen LogP contribution in [-0.2, 0) is 12.1 Å². The number of urea groups is 1. The van der Waals surface area contributed by atoms with Crippen molar-refractivity contribution in [2.24, 2.45) is 0 Å². The molecule has 2 aliphatic carbocycles. The molecule has 1 aliphatic heterocycles. The van der Waals surface area contributed by atoms with Crippen LogP contribution in [0.5, 0.6) is 0 Å². The van der Waals surface area contributed by atoms with Gasteiger partial charge in [0.15, 0.2) is 0 Å². The third kappa shape index (κ3) is 2.11. The molecule has 27 heavy (non-hydrogen) atoms. The minimum atomic E-state index is -0.265. The number of hydrogen-bond donors (Lipinski definition) is 3. The van der Waals surface area contributed by atoms with Crippen LogP contribution in [0.2, 0.25) is 0 Å². The normalized spacial score (nSPS) is 20.1. The summed E-state index contributed by atoms with van der Waals surface area (Å²) in [6.07, 6.45) is 5.18. The van der Waals surface area contributed by atoms with Gasteiger partial charge in [-0.05, 0) is 56.4 Å². The summed E-state index contributed by atoms with van der Waals surface area (Å²) in [5.74, 6) is -0.251. The van der Waals surface area contributed by atoms with Crippen molar-refractivity contribution in [1.29, 1.82) is 0 Å². The highest BCUT2D eigenvalue weighted by Gasteiger charge is 2.54. The molecule has 2 aromatic heterocycles. The summed E-state index contributed by atoms with van der Waals surface area (Å²) >= 11 is 0. The molecule has 2 fully saturated rings. The summed E-state index contributed by atoms with van der Waals surface area (Å²) in [6.45, 7) is 0.565. The fourth-order valence-electron chi connectivity index (χ4n) is 4.64. The Morgan fingerprint density at radius 2 is 2.15 bits per heavy atom. The number of aromatic nitrogens is 3. The van der Waals surface area contributed by atoms with Gasteiger partial charge in [0.25, 0.3) is 0 Å². The minimum Gasteiger partial charge on any atom is -0.353 e. The van der Waals surface area contributed by atoms with Gasteiger partial charge < -0.3 is 15.2 Å². The van der Waals surface area contributed by atoms with Crippen LogP contribution in [0.25, 0.3) is 22.3 Å². The summed E-state index contributed by atoms with van der Waals surface area (Å²) in [7, 11) is 0. The first-order valence-corrected chi connectivity index (χ1v) is 9.58. The lowest BCUT2D eigenvalue weighted by Gasteiger charge is -2.46. The number of nitrogens with zero attached hydrogens (tertiary/aromatic N) is 2. The number of halogens is 1. The summed E-state index contributed by atoms with van der Waals surface area (Å²) in [5, 5.41) is 11.7. The molecule has 0 radical (unpaired) electrons. The average Bonchev–Trinajstić information content (AvgIpc) is 3.05. The van der Waals surface area contributed by atoms with E-state index in [0.717, 1.165) is 65.7 Å². The molecule has 3 aromatic rings. The quantitative estimate of drug-likeness (QED) is 0.647. The molecule has 3 N–H and O–H groups in total. The number of benzene rings is 1. The first-order valence-electron chi connectivity index (χ1n) is 9.58. The molecule has 0 bridgehead atoms. The van der Waals surface area contributed by atoms with Gasteiger partial charge in [-0.3, -0.25) is 5.10 Å². The Balaban J connectivity index is 1.43. The first-order chi connectivity index (χ1) is 13.1. The molecule has 6 rings (SSSR count). The Bertz CT molecular complexity index is 1080. The average molecular weight is 365 g/mol. The second-order valence-electron chi connectivity index (χ2n) is 8.04. The van der Waals surface area contributed by atoms with Gasteiger partial charge in [-0.1, -0.05) is 0 Å². The Labute approximate surface area is 155 Å². The van der Waals surface area contributed by atoms with Gasteiger partial charge in [-0.15, -0.1) is 0 Å². The van der Waals surface area contributed by atoms with Crippen LogP contribution >= 0.6 is 0 Å². The number of carbonyl (C=O) groups is 1. The highest BCUT2D eigenvalue weighted by atomic mass is 19.1. The summed E-state index contributed by atoms with van der Waals surface area (Å²) in [4.78, 5) is 18.2. The van der Waals surface area contributed by atoms with Crippen LogP contribution < -0.4 is 5.32 Å². The van der Waals surface area contributed by atoms with Crippen molar-refractivity contribution in [2.75, 3.05) is 0 Å². The second kappa shape index (κ2) is 5.12. The van der Waals surface area contributed by atoms with Gasteiger partial charge in [0.1, 0.15) is 11.5 Å². The van der Waals surface area contributed by atoms with Crippen LogP contribution in [0.15, 0.2) is 24.3 Å². The number of amides is 2. The van der Waals surface area contributed by atoms with E-state index in [9.17, 15) is 9.18 Å². The van der Waals surface area contributed by atoms with Crippen molar-refractivity contribution < 1.29 is 9.18 Å². The largest absolute Gasteiger partial charge is 0.353 e. The van der Waals surface area contributed by atoms with Gasteiger partial charge in [-0.25, -0.2) is 9.18 Å². The van der Waals surface area contributed by atoms with Crippen molar-refractivity contribution in [1.82, 2.24) is 25.4 Å². The predicted molar refractivity (Wildman–Crippen MR) is 98.5 cm³/mol. The van der Waals surface area contributed by atoms with Gasteiger partial charge in [-0.2, -0.15) is 5.10 Å². The second-order valence-corrected chi connectivity index (χ2v) is 8.04. The fraction of sp³-hybridized carbons (Fsp3) is 0.400. The van der Waals surface area contributed by atoms with E-state index in [4.69, 9.17) is 0 Å². The third-order valence-electron chi connectivity index (χ3n) is 6.31. The van der Waals surface area contributed by atoms with E-state index in [-0.39, 0.29) is 17.4 Å². The number of hydrogen-bond acceptors (Lipinski definition) is 2. The molecule has 1 spiro atoms. The van der Waals surface area contributed by atoms with E-state index in [1.807, 2.05) is 11.0 Å². The molecule has 2 amide bonds. The van der Waals surface area contributed by atoms with Crippen LogP contribution in [0.3, 0.4) is 0 Å². The van der Waals surface area contributed by atoms with Crippen molar-refractivity contribution in [3.05, 3.63) is 41.3 Å². The maximum atomic E-state index is 13.6. The number of nitrogens with one attached hydrogen (secondary N) is 3. The van der Waals surface area contributed by atoms with Crippen molar-refractivity contribution in [2.45, 2.75) is 50.2 Å². The van der Waals surface area contributed by atoms with E-state index in [0.29, 0.717) is 12.6 Å². The van der Waals surface area contributed by atoms with Crippen molar-refractivity contribution in [3.63, 3.8) is 0 Å². The number of carbonyl (C=O) groups excluding carboxylic acids is 1. The lowest BCUT2D eigenvalue weighted by atomic mass is 9.71. The van der Waals surface area contributed by atoms with E-state index in [2.05, 4.69) is 20.5 Å². The van der Waals surface area contributed by atoms with Crippen LogP contribution in [-0.4, -0.2) is 32.2 Å². The number of H-pyrrole nitrogens is 2. The van der Waals surface area contributed by atoms with Gasteiger partial charge in [0, 0.05) is 22.5 Å². The molecule has 7 heteroatoms. The highest BCUT2D eigenvalue weighted by molar-refractivity contribution is 5.87. The summed E-state index contributed by atoms with van der Waals surface area (Å²) < 4.78 is 13.6. The summed E-state index contributed by atoms with van der Waals surface area (Å²) in [6, 6.07) is 7.04. The molecule has 0 saturated heterocycles. The van der Waals surface area contributed by atoms with E-state index in [1.165, 1.54) is 12.1 Å². The van der Waals surface area contributed by atoms with Crippen molar-refractivity contribution >= 4 is 16.9 Å². The number of fused-ring (bicyclic) bond motifs is 3. The maximum absolute atomic E-state index is 13.6. The molecule has 138 valence electrons. The van der Waals surface area contributed by atoms with Gasteiger partial charge in [0.2, 0.25) is 0 Å². The SMILES string of the molecule is O=C(NC1CC1)N1Cc2[nH]nc(-c3cc4cc(F)ccc4[nH]3)c2C12CCC2. The van der Waals surface area contributed by atoms with Crippen LogP contribution in [0, 0.1) is 5.82 Å². The van der Waals surface area contributed by atoms with Crippen LogP contribution in [0.1, 0.15) is 43.4 Å². The molecule has 6 nitrogen and oxygen atoms in total. The monoisotopic (exact) mass is 365 g/mol. The van der Waals surface area contributed by atoms with Crippen LogP contribution in [0.4, 0.5) is 9.18 Å². The van der Waals surface area contributed by atoms with Crippen molar-refractivity contribution in [3.8, 4) is 11.4 Å². The molecule has 0 atom stereocenters. The molecular formula is C20H20FN5O. The topological polar surface area (TPSA) is 76.8 Å². The Morgan fingerprint density at radius 1 is 1.30 bits per heavy atom. The first kappa shape index (κ1) is 15.2.